The van der Waals surface area contributed by atoms with Crippen LogP contribution in [-0.4, -0.2) is 27.9 Å². The molecule has 0 bridgehead atoms. The first-order valence-electron chi connectivity index (χ1n) is 10.3. The van der Waals surface area contributed by atoms with Crippen molar-refractivity contribution in [3.63, 3.8) is 0 Å². The van der Waals surface area contributed by atoms with Crippen molar-refractivity contribution in [1.82, 2.24) is 14.8 Å². The second-order valence-corrected chi connectivity index (χ2v) is 7.28. The van der Waals surface area contributed by atoms with Gasteiger partial charge in [-0.1, -0.05) is 26.8 Å². The van der Waals surface area contributed by atoms with Gasteiger partial charge >= 0.3 is 0 Å². The Morgan fingerprint density at radius 1 is 1.03 bits per heavy atom. The van der Waals surface area contributed by atoms with Crippen LogP contribution in [0, 0.1) is 4.77 Å². The average Bonchev–Trinajstić information content (AvgIpc) is 3.40. The van der Waals surface area contributed by atoms with Gasteiger partial charge in [-0.3, -0.25) is 9.67 Å². The molecular formula is C22H30N6S. The molecule has 1 aliphatic heterocycles. The Kier molecular flexibility index (Phi) is 6.59. The van der Waals surface area contributed by atoms with E-state index in [0.29, 0.717) is 22.0 Å². The van der Waals surface area contributed by atoms with Crippen LogP contribution in [-0.2, 0) is 6.42 Å². The Balaban J connectivity index is 0.00000117. The fourth-order valence-corrected chi connectivity index (χ4v) is 3.94. The summed E-state index contributed by atoms with van der Waals surface area (Å²) in [5.41, 5.74) is 17.7. The third-order valence-corrected chi connectivity index (χ3v) is 5.44. The molecule has 29 heavy (non-hydrogen) atoms. The molecule has 2 heterocycles. The van der Waals surface area contributed by atoms with Gasteiger partial charge < -0.3 is 16.4 Å². The van der Waals surface area contributed by atoms with Crippen LogP contribution >= 0.6 is 12.2 Å². The molecule has 1 saturated heterocycles. The molecule has 2 aromatic carbocycles. The molecule has 1 aromatic heterocycles. The minimum Gasteiger partial charge on any atom is -0.398 e. The third-order valence-electron chi connectivity index (χ3n) is 5.16. The van der Waals surface area contributed by atoms with Crippen LogP contribution in [0.4, 0.5) is 17.1 Å². The maximum atomic E-state index is 6.27. The van der Waals surface area contributed by atoms with E-state index in [1.165, 1.54) is 18.5 Å². The lowest BCUT2D eigenvalue weighted by atomic mass is 10.0. The Morgan fingerprint density at radius 3 is 2.41 bits per heavy atom. The molecule has 6 nitrogen and oxygen atoms in total. The predicted molar refractivity (Wildman–Crippen MR) is 125 cm³/mol. The number of nitrogens with two attached hydrogens (primary N) is 2. The zero-order valence-corrected chi connectivity index (χ0v) is 18.2. The van der Waals surface area contributed by atoms with Crippen LogP contribution in [0.2, 0.25) is 0 Å². The van der Waals surface area contributed by atoms with E-state index in [1.54, 1.807) is 6.07 Å². The Bertz CT molecular complexity index is 1030. The first-order valence-corrected chi connectivity index (χ1v) is 10.7. The number of nitrogens with one attached hydrogen (secondary N) is 1. The topological polar surface area (TPSA) is 88.9 Å². The van der Waals surface area contributed by atoms with Crippen molar-refractivity contribution in [2.24, 2.45) is 0 Å². The second kappa shape index (κ2) is 9.13. The molecule has 1 aliphatic rings. The lowest BCUT2D eigenvalue weighted by Crippen LogP contribution is -2.17. The van der Waals surface area contributed by atoms with Gasteiger partial charge in [0, 0.05) is 35.7 Å². The number of hydrogen-bond acceptors (Lipinski definition) is 5. The van der Waals surface area contributed by atoms with Gasteiger partial charge in [0.1, 0.15) is 0 Å². The smallest absolute Gasteiger partial charge is 0.200 e. The highest BCUT2D eigenvalue weighted by atomic mass is 32.1. The normalized spacial score (nSPS) is 13.3. The number of hydrogen-bond donors (Lipinski definition) is 3. The molecule has 0 spiro atoms. The quantitative estimate of drug-likeness (QED) is 0.418. The van der Waals surface area contributed by atoms with Gasteiger partial charge in [-0.15, -0.1) is 0 Å². The number of aryl methyl sites for hydroxylation is 1. The summed E-state index contributed by atoms with van der Waals surface area (Å²) in [6.45, 7) is 8.26. The number of nitrogen functional groups attached to an aromatic ring is 2. The van der Waals surface area contributed by atoms with Gasteiger partial charge in [-0.05, 0) is 67.4 Å². The number of anilines is 3. The van der Waals surface area contributed by atoms with Gasteiger partial charge in [-0.25, -0.2) is 0 Å². The van der Waals surface area contributed by atoms with Crippen molar-refractivity contribution in [3.8, 4) is 17.1 Å². The Hall–Kier alpha value is -2.80. The van der Waals surface area contributed by atoms with Crippen LogP contribution in [0.25, 0.3) is 17.1 Å². The van der Waals surface area contributed by atoms with E-state index < -0.39 is 0 Å². The third kappa shape index (κ3) is 4.15. The SMILES string of the molecule is CC.CCc1cc(-c2n[nH]c(=S)n2-c2cccc(N3CCCC3)c2)c(N)cc1N. The summed E-state index contributed by atoms with van der Waals surface area (Å²) >= 11 is 5.53. The number of benzene rings is 2. The monoisotopic (exact) mass is 410 g/mol. The summed E-state index contributed by atoms with van der Waals surface area (Å²) in [5.74, 6) is 0.700. The number of nitrogens with zero attached hydrogens (tertiary/aromatic N) is 3. The Labute approximate surface area is 177 Å². The summed E-state index contributed by atoms with van der Waals surface area (Å²) in [4.78, 5) is 2.40. The van der Waals surface area contributed by atoms with E-state index in [0.717, 1.165) is 36.3 Å². The molecular weight excluding hydrogens is 380 g/mol. The maximum absolute atomic E-state index is 6.27. The van der Waals surface area contributed by atoms with E-state index in [-0.39, 0.29) is 0 Å². The molecule has 7 heteroatoms. The van der Waals surface area contributed by atoms with E-state index in [2.05, 4.69) is 40.2 Å². The molecule has 3 aromatic rings. The van der Waals surface area contributed by atoms with Crippen LogP contribution in [0.15, 0.2) is 36.4 Å². The van der Waals surface area contributed by atoms with E-state index in [1.807, 2.05) is 30.5 Å². The van der Waals surface area contributed by atoms with Crippen molar-refractivity contribution in [2.75, 3.05) is 29.5 Å². The highest BCUT2D eigenvalue weighted by Gasteiger charge is 2.17. The summed E-state index contributed by atoms with van der Waals surface area (Å²) in [6, 6.07) is 12.2. The summed E-state index contributed by atoms with van der Waals surface area (Å²) < 4.78 is 2.48. The molecule has 154 valence electrons. The van der Waals surface area contributed by atoms with E-state index >= 15 is 0 Å². The second-order valence-electron chi connectivity index (χ2n) is 6.89. The molecule has 0 amide bonds. The molecule has 0 aliphatic carbocycles. The Morgan fingerprint density at radius 2 is 1.72 bits per heavy atom. The maximum Gasteiger partial charge on any atom is 0.200 e. The molecule has 0 unspecified atom stereocenters. The fraction of sp³-hybridized carbons (Fsp3) is 0.364. The largest absolute Gasteiger partial charge is 0.398 e. The molecule has 0 atom stereocenters. The lowest BCUT2D eigenvalue weighted by molar-refractivity contribution is 0.949. The number of H-pyrrole nitrogens is 1. The number of rotatable bonds is 4. The number of aromatic amines is 1. The molecule has 1 fully saturated rings. The summed E-state index contributed by atoms with van der Waals surface area (Å²) in [6.07, 6.45) is 3.31. The first kappa shape index (κ1) is 20.9. The zero-order chi connectivity index (χ0) is 21.0. The van der Waals surface area contributed by atoms with Gasteiger partial charge in [-0.2, -0.15) is 5.10 Å². The van der Waals surface area contributed by atoms with Crippen molar-refractivity contribution in [2.45, 2.75) is 40.0 Å². The highest BCUT2D eigenvalue weighted by Crippen LogP contribution is 2.32. The standard InChI is InChI=1S/C20H24N6S.C2H6/c1-2-13-10-16(18(22)12-17(13)21)19-23-24-20(27)26(19)15-7-5-6-14(11-15)25-8-3-4-9-25;1-2/h5-7,10-12H,2-4,8-9,21-22H2,1H3,(H,24,27);1-2H3. The number of aromatic nitrogens is 3. The first-order chi connectivity index (χ1) is 14.1. The van der Waals surface area contributed by atoms with E-state index in [9.17, 15) is 0 Å². The predicted octanol–water partition coefficient (Wildman–Crippen LogP) is 4.95. The van der Waals surface area contributed by atoms with Crippen molar-refractivity contribution in [3.05, 3.63) is 46.7 Å². The van der Waals surface area contributed by atoms with Crippen LogP contribution < -0.4 is 16.4 Å². The molecule has 0 saturated carbocycles. The van der Waals surface area contributed by atoms with Crippen molar-refractivity contribution < 1.29 is 0 Å². The highest BCUT2D eigenvalue weighted by molar-refractivity contribution is 7.71. The summed E-state index contributed by atoms with van der Waals surface area (Å²) in [5, 5.41) is 7.38. The molecule has 4 rings (SSSR count). The summed E-state index contributed by atoms with van der Waals surface area (Å²) in [7, 11) is 0. The zero-order valence-electron chi connectivity index (χ0n) is 17.4. The fourth-order valence-electron chi connectivity index (χ4n) is 3.70. The van der Waals surface area contributed by atoms with Crippen LogP contribution in [0.3, 0.4) is 0 Å². The van der Waals surface area contributed by atoms with Gasteiger partial charge in [0.05, 0.1) is 5.69 Å². The van der Waals surface area contributed by atoms with Crippen LogP contribution in [0.5, 0.6) is 0 Å². The minimum atomic E-state index is 0.540. The van der Waals surface area contributed by atoms with Crippen molar-refractivity contribution in [1.29, 1.82) is 0 Å². The molecule has 0 radical (unpaired) electrons. The van der Waals surface area contributed by atoms with Gasteiger partial charge in [0.25, 0.3) is 0 Å². The average molecular weight is 411 g/mol. The van der Waals surface area contributed by atoms with Crippen molar-refractivity contribution >= 4 is 29.3 Å². The minimum absolute atomic E-state index is 0.540. The van der Waals surface area contributed by atoms with Crippen LogP contribution in [0.1, 0.15) is 39.2 Å². The molecule has 5 N–H and O–H groups in total. The van der Waals surface area contributed by atoms with Gasteiger partial charge in [0.2, 0.25) is 0 Å². The van der Waals surface area contributed by atoms with E-state index in [4.69, 9.17) is 23.7 Å². The lowest BCUT2D eigenvalue weighted by Gasteiger charge is -2.19. The van der Waals surface area contributed by atoms with Gasteiger partial charge in [0.15, 0.2) is 10.6 Å².